The summed E-state index contributed by atoms with van der Waals surface area (Å²) >= 11 is 0. The van der Waals surface area contributed by atoms with Crippen LogP contribution in [0.4, 0.5) is 5.69 Å². The zero-order chi connectivity index (χ0) is 18.0. The van der Waals surface area contributed by atoms with Crippen molar-refractivity contribution in [3.05, 3.63) is 58.9 Å². The van der Waals surface area contributed by atoms with Crippen LogP contribution in [0.5, 0.6) is 0 Å². The Bertz CT molecular complexity index is 826. The number of carbonyl (C=O) groups excluding carboxylic acids is 3. The zero-order valence-corrected chi connectivity index (χ0v) is 14.2. The Labute approximate surface area is 145 Å². The van der Waals surface area contributed by atoms with E-state index in [2.05, 4.69) is 10.3 Å². The summed E-state index contributed by atoms with van der Waals surface area (Å²) in [6.45, 7) is 4.15. The molecule has 128 valence electrons. The van der Waals surface area contributed by atoms with E-state index >= 15 is 0 Å². The lowest BCUT2D eigenvalue weighted by Crippen LogP contribution is -2.31. The van der Waals surface area contributed by atoms with Crippen molar-refractivity contribution < 1.29 is 14.4 Å². The third-order valence-corrected chi connectivity index (χ3v) is 4.40. The summed E-state index contributed by atoms with van der Waals surface area (Å²) in [5, 5.41) is 2.88. The van der Waals surface area contributed by atoms with Gasteiger partial charge in [-0.3, -0.25) is 24.3 Å². The Morgan fingerprint density at radius 1 is 1.12 bits per heavy atom. The SMILES string of the molecule is Cc1cccc(NC(=O)CCCN2C(=O)c3cccnc3C2=O)c1C. The lowest BCUT2D eigenvalue weighted by atomic mass is 10.1. The molecule has 0 radical (unpaired) electrons. The Morgan fingerprint density at radius 3 is 2.68 bits per heavy atom. The first-order valence-corrected chi connectivity index (χ1v) is 8.16. The van der Waals surface area contributed by atoms with Crippen molar-refractivity contribution in [3.63, 3.8) is 0 Å². The Balaban J connectivity index is 1.55. The highest BCUT2D eigenvalue weighted by atomic mass is 16.2. The molecule has 1 aliphatic rings. The monoisotopic (exact) mass is 337 g/mol. The van der Waals surface area contributed by atoms with Crippen LogP contribution in [-0.2, 0) is 4.79 Å². The van der Waals surface area contributed by atoms with Gasteiger partial charge in [-0.15, -0.1) is 0 Å². The molecule has 2 aromatic rings. The number of fused-ring (bicyclic) bond motifs is 1. The number of imide groups is 1. The number of amides is 3. The molecule has 0 saturated heterocycles. The van der Waals surface area contributed by atoms with Crippen LogP contribution in [0.2, 0.25) is 0 Å². The molecule has 3 rings (SSSR count). The molecule has 25 heavy (non-hydrogen) atoms. The quantitative estimate of drug-likeness (QED) is 0.851. The molecule has 0 saturated carbocycles. The van der Waals surface area contributed by atoms with Crippen LogP contribution in [0, 0.1) is 13.8 Å². The number of hydrogen-bond acceptors (Lipinski definition) is 4. The Morgan fingerprint density at radius 2 is 1.92 bits per heavy atom. The summed E-state index contributed by atoms with van der Waals surface area (Å²) in [4.78, 5) is 41.7. The zero-order valence-electron chi connectivity index (χ0n) is 14.2. The fourth-order valence-corrected chi connectivity index (χ4v) is 2.81. The topological polar surface area (TPSA) is 79.4 Å². The number of nitrogens with zero attached hydrogens (tertiary/aromatic N) is 2. The lowest BCUT2D eigenvalue weighted by molar-refractivity contribution is -0.116. The lowest BCUT2D eigenvalue weighted by Gasteiger charge is -2.14. The molecule has 2 heterocycles. The van der Waals surface area contributed by atoms with Gasteiger partial charge in [0.25, 0.3) is 11.8 Å². The second-order valence-electron chi connectivity index (χ2n) is 6.06. The third kappa shape index (κ3) is 3.28. The fraction of sp³-hybridized carbons (Fsp3) is 0.263. The van der Waals surface area contributed by atoms with Crippen molar-refractivity contribution in [2.45, 2.75) is 26.7 Å². The maximum atomic E-state index is 12.2. The molecule has 6 heteroatoms. The molecular weight excluding hydrogens is 318 g/mol. The summed E-state index contributed by atoms with van der Waals surface area (Å²) in [7, 11) is 0. The van der Waals surface area contributed by atoms with Gasteiger partial charge in [0.15, 0.2) is 0 Å². The molecule has 1 N–H and O–H groups in total. The van der Waals surface area contributed by atoms with Gasteiger partial charge < -0.3 is 5.32 Å². The van der Waals surface area contributed by atoms with Gasteiger partial charge in [0.05, 0.1) is 5.56 Å². The van der Waals surface area contributed by atoms with E-state index in [-0.39, 0.29) is 30.5 Å². The number of carbonyl (C=O) groups is 3. The predicted octanol–water partition coefficient (Wildman–Crippen LogP) is 2.71. The molecule has 0 spiro atoms. The average Bonchev–Trinajstić information content (AvgIpc) is 2.84. The first kappa shape index (κ1) is 16.8. The van der Waals surface area contributed by atoms with Crippen molar-refractivity contribution in [3.8, 4) is 0 Å². The predicted molar refractivity (Wildman–Crippen MR) is 93.4 cm³/mol. The molecule has 1 aromatic heterocycles. The number of anilines is 1. The van der Waals surface area contributed by atoms with Crippen molar-refractivity contribution in [2.75, 3.05) is 11.9 Å². The van der Waals surface area contributed by atoms with E-state index < -0.39 is 5.91 Å². The average molecular weight is 337 g/mol. The summed E-state index contributed by atoms with van der Waals surface area (Å²) in [5.74, 6) is -0.873. The molecule has 0 fully saturated rings. The van der Waals surface area contributed by atoms with Crippen molar-refractivity contribution in [2.24, 2.45) is 0 Å². The molecular formula is C19H19N3O3. The summed E-state index contributed by atoms with van der Waals surface area (Å²) in [6, 6.07) is 8.96. The fourth-order valence-electron chi connectivity index (χ4n) is 2.81. The van der Waals surface area contributed by atoms with Crippen LogP contribution in [0.1, 0.15) is 44.8 Å². The summed E-state index contributed by atoms with van der Waals surface area (Å²) in [6.07, 6.45) is 2.13. The van der Waals surface area contributed by atoms with Crippen molar-refractivity contribution >= 4 is 23.4 Å². The highest BCUT2D eigenvalue weighted by Crippen LogP contribution is 2.21. The second-order valence-corrected chi connectivity index (χ2v) is 6.06. The van der Waals surface area contributed by atoms with Gasteiger partial charge in [-0.2, -0.15) is 0 Å². The number of benzene rings is 1. The molecule has 3 amide bonds. The second kappa shape index (κ2) is 6.84. The highest BCUT2D eigenvalue weighted by Gasteiger charge is 2.36. The van der Waals surface area contributed by atoms with E-state index in [1.807, 2.05) is 32.0 Å². The molecule has 0 bridgehead atoms. The standard InChI is InChI=1S/C19H19N3O3/c1-12-6-3-8-15(13(12)2)21-16(23)9-5-11-22-18(24)14-7-4-10-20-17(14)19(22)25/h3-4,6-8,10H,5,9,11H2,1-2H3,(H,21,23). The highest BCUT2D eigenvalue weighted by molar-refractivity contribution is 6.20. The molecule has 0 unspecified atom stereocenters. The van der Waals surface area contributed by atoms with E-state index in [1.165, 1.54) is 6.20 Å². The summed E-state index contributed by atoms with van der Waals surface area (Å²) < 4.78 is 0. The van der Waals surface area contributed by atoms with Gasteiger partial charge in [0.2, 0.25) is 5.91 Å². The van der Waals surface area contributed by atoms with Crippen LogP contribution in [0.25, 0.3) is 0 Å². The minimum Gasteiger partial charge on any atom is -0.326 e. The number of aromatic nitrogens is 1. The molecule has 1 aliphatic heterocycles. The first-order valence-electron chi connectivity index (χ1n) is 8.16. The smallest absolute Gasteiger partial charge is 0.280 e. The molecule has 1 aromatic carbocycles. The van der Waals surface area contributed by atoms with Gasteiger partial charge in [0.1, 0.15) is 5.69 Å². The van der Waals surface area contributed by atoms with Crippen LogP contribution >= 0.6 is 0 Å². The van der Waals surface area contributed by atoms with Crippen molar-refractivity contribution in [1.82, 2.24) is 9.88 Å². The van der Waals surface area contributed by atoms with Gasteiger partial charge in [-0.25, -0.2) is 0 Å². The molecule has 6 nitrogen and oxygen atoms in total. The van der Waals surface area contributed by atoms with Gasteiger partial charge >= 0.3 is 0 Å². The van der Waals surface area contributed by atoms with E-state index in [1.54, 1.807) is 12.1 Å². The van der Waals surface area contributed by atoms with E-state index in [0.717, 1.165) is 21.7 Å². The van der Waals surface area contributed by atoms with Gasteiger partial charge in [0, 0.05) is 24.8 Å². The van der Waals surface area contributed by atoms with Crippen LogP contribution in [0.3, 0.4) is 0 Å². The number of nitrogens with one attached hydrogen (secondary N) is 1. The normalized spacial score (nSPS) is 13.1. The van der Waals surface area contributed by atoms with Crippen LogP contribution in [-0.4, -0.2) is 34.2 Å². The Kier molecular flexibility index (Phi) is 4.61. The number of aryl methyl sites for hydroxylation is 1. The van der Waals surface area contributed by atoms with E-state index in [4.69, 9.17) is 0 Å². The number of rotatable bonds is 5. The van der Waals surface area contributed by atoms with Crippen molar-refractivity contribution in [1.29, 1.82) is 0 Å². The maximum Gasteiger partial charge on any atom is 0.280 e. The number of pyridine rings is 1. The first-order chi connectivity index (χ1) is 12.0. The minimum absolute atomic E-state index is 0.136. The molecule has 0 atom stereocenters. The number of hydrogen-bond donors (Lipinski definition) is 1. The van der Waals surface area contributed by atoms with Crippen LogP contribution < -0.4 is 5.32 Å². The van der Waals surface area contributed by atoms with Gasteiger partial charge in [-0.05, 0) is 49.6 Å². The van der Waals surface area contributed by atoms with Gasteiger partial charge in [-0.1, -0.05) is 12.1 Å². The summed E-state index contributed by atoms with van der Waals surface area (Å²) in [5.41, 5.74) is 3.44. The maximum absolute atomic E-state index is 12.2. The minimum atomic E-state index is -0.393. The van der Waals surface area contributed by atoms with E-state index in [9.17, 15) is 14.4 Å². The van der Waals surface area contributed by atoms with Crippen LogP contribution in [0.15, 0.2) is 36.5 Å². The Hall–Kier alpha value is -3.02. The largest absolute Gasteiger partial charge is 0.326 e. The third-order valence-electron chi connectivity index (χ3n) is 4.40. The van der Waals surface area contributed by atoms with E-state index in [0.29, 0.717) is 12.0 Å². The molecule has 0 aliphatic carbocycles.